The minimum atomic E-state index is -1.82. The van der Waals surface area contributed by atoms with Gasteiger partial charge >= 0.3 is 11.9 Å². The number of carboxylic acid groups (broad SMARTS) is 2. The number of carboxylic acids is 2. The molecule has 44 heavy (non-hydrogen) atoms. The Labute approximate surface area is 256 Å². The fourth-order valence-corrected chi connectivity index (χ4v) is 6.09. The molecule has 0 spiro atoms. The predicted octanol–water partition coefficient (Wildman–Crippen LogP) is 3.83. The summed E-state index contributed by atoms with van der Waals surface area (Å²) in [5, 5.41) is 16.0. The number of nitrogens with zero attached hydrogens (tertiary/aromatic N) is 4. The van der Waals surface area contributed by atoms with Crippen LogP contribution in [0.3, 0.4) is 0 Å². The molecule has 3 aromatic rings. The van der Waals surface area contributed by atoms with Crippen molar-refractivity contribution in [3.63, 3.8) is 0 Å². The number of likely N-dealkylation sites (tertiary alicyclic amines) is 2. The molecule has 2 aromatic carbocycles. The van der Waals surface area contributed by atoms with E-state index in [-0.39, 0.29) is 23.7 Å². The van der Waals surface area contributed by atoms with Gasteiger partial charge in [-0.25, -0.2) is 14.0 Å². The van der Waals surface area contributed by atoms with Gasteiger partial charge in [0.2, 0.25) is 11.8 Å². The average Bonchev–Trinajstić information content (AvgIpc) is 3.44. The number of benzene rings is 2. The van der Waals surface area contributed by atoms with Crippen molar-refractivity contribution in [3.8, 4) is 0 Å². The number of likely N-dealkylation sites (N-methyl/N-ethyl adjacent to an activating group) is 1. The second kappa shape index (κ2) is 15.0. The molecular formula is C33H41FN4O6. The van der Waals surface area contributed by atoms with Crippen LogP contribution < -0.4 is 0 Å². The monoisotopic (exact) mass is 608 g/mol. The van der Waals surface area contributed by atoms with Gasteiger partial charge in [-0.1, -0.05) is 30.3 Å². The van der Waals surface area contributed by atoms with Gasteiger partial charge in [0.05, 0.1) is 6.42 Å². The highest BCUT2D eigenvalue weighted by Crippen LogP contribution is 2.29. The number of halogens is 1. The maximum Gasteiger partial charge on any atom is 0.414 e. The Morgan fingerprint density at radius 2 is 1.57 bits per heavy atom. The Hall–Kier alpha value is -4.25. The first-order chi connectivity index (χ1) is 21.0. The molecule has 10 nitrogen and oxygen atoms in total. The summed E-state index contributed by atoms with van der Waals surface area (Å²) in [6.45, 7) is 5.94. The van der Waals surface area contributed by atoms with Crippen LogP contribution in [0.25, 0.3) is 10.9 Å². The molecule has 0 aliphatic carbocycles. The van der Waals surface area contributed by atoms with Crippen molar-refractivity contribution in [3.05, 3.63) is 71.7 Å². The van der Waals surface area contributed by atoms with Crippen molar-refractivity contribution in [1.29, 1.82) is 0 Å². The van der Waals surface area contributed by atoms with E-state index in [1.807, 2.05) is 29.0 Å². The topological polar surface area (TPSA) is 123 Å². The van der Waals surface area contributed by atoms with Crippen LogP contribution in [0.15, 0.2) is 54.7 Å². The second-order valence-corrected chi connectivity index (χ2v) is 11.6. The van der Waals surface area contributed by atoms with Gasteiger partial charge in [0, 0.05) is 70.5 Å². The molecule has 3 heterocycles. The highest BCUT2D eigenvalue weighted by molar-refractivity contribution is 6.27. The molecule has 1 aromatic heterocycles. The Morgan fingerprint density at radius 1 is 0.909 bits per heavy atom. The van der Waals surface area contributed by atoms with Gasteiger partial charge in [-0.15, -0.1) is 0 Å². The first kappa shape index (κ1) is 32.7. The van der Waals surface area contributed by atoms with Crippen molar-refractivity contribution in [2.75, 3.05) is 39.8 Å². The molecule has 2 amide bonds. The number of piperidine rings is 2. The molecular weight excluding hydrogens is 567 g/mol. The molecule has 0 bridgehead atoms. The molecule has 2 N–H and O–H groups in total. The molecule has 0 atom stereocenters. The summed E-state index contributed by atoms with van der Waals surface area (Å²) in [5.41, 5.74) is 3.02. The molecule has 0 saturated carbocycles. The molecule has 2 fully saturated rings. The Balaban J connectivity index is 0.000000670. The van der Waals surface area contributed by atoms with E-state index >= 15 is 0 Å². The highest BCUT2D eigenvalue weighted by atomic mass is 19.1. The highest BCUT2D eigenvalue weighted by Gasteiger charge is 2.27. The third-order valence-electron chi connectivity index (χ3n) is 8.78. The summed E-state index contributed by atoms with van der Waals surface area (Å²) >= 11 is 0. The van der Waals surface area contributed by atoms with Crippen molar-refractivity contribution in [2.45, 2.75) is 57.5 Å². The maximum absolute atomic E-state index is 14.0. The predicted molar refractivity (Wildman–Crippen MR) is 164 cm³/mol. The van der Waals surface area contributed by atoms with Gasteiger partial charge in [-0.2, -0.15) is 0 Å². The van der Waals surface area contributed by atoms with Gasteiger partial charge < -0.3 is 29.5 Å². The van der Waals surface area contributed by atoms with E-state index < -0.39 is 11.9 Å². The third kappa shape index (κ3) is 8.43. The number of aliphatic carboxylic acids is 2. The third-order valence-corrected chi connectivity index (χ3v) is 8.78. The van der Waals surface area contributed by atoms with Gasteiger partial charge in [0.15, 0.2) is 0 Å². The van der Waals surface area contributed by atoms with Gasteiger partial charge in [0.1, 0.15) is 5.82 Å². The number of aromatic nitrogens is 1. The first-order valence-corrected chi connectivity index (χ1v) is 15.1. The van der Waals surface area contributed by atoms with Crippen molar-refractivity contribution in [1.82, 2.24) is 19.3 Å². The number of amides is 2. The molecule has 2 aliphatic rings. The maximum atomic E-state index is 14.0. The van der Waals surface area contributed by atoms with Crippen LogP contribution in [0.4, 0.5) is 4.39 Å². The number of carbonyl (C=O) groups excluding carboxylic acids is 2. The van der Waals surface area contributed by atoms with Crippen molar-refractivity contribution in [2.24, 2.45) is 0 Å². The largest absolute Gasteiger partial charge is 0.473 e. The zero-order chi connectivity index (χ0) is 31.8. The van der Waals surface area contributed by atoms with Gasteiger partial charge in [-0.3, -0.25) is 9.59 Å². The van der Waals surface area contributed by atoms with E-state index in [1.54, 1.807) is 13.0 Å². The molecule has 11 heteroatoms. The molecule has 2 saturated heterocycles. The van der Waals surface area contributed by atoms with Crippen LogP contribution in [-0.4, -0.2) is 99.0 Å². The Kier molecular flexibility index (Phi) is 11.1. The van der Waals surface area contributed by atoms with E-state index in [1.165, 1.54) is 17.0 Å². The van der Waals surface area contributed by atoms with E-state index in [0.29, 0.717) is 12.5 Å². The fourth-order valence-electron chi connectivity index (χ4n) is 6.09. The summed E-state index contributed by atoms with van der Waals surface area (Å²) < 4.78 is 16.4. The van der Waals surface area contributed by atoms with Gasteiger partial charge in [-0.05, 0) is 66.8 Å². The van der Waals surface area contributed by atoms with Crippen LogP contribution in [0.1, 0.15) is 49.8 Å². The first-order valence-electron chi connectivity index (χ1n) is 15.1. The van der Waals surface area contributed by atoms with E-state index in [4.69, 9.17) is 19.8 Å². The fraction of sp³-hybridized carbons (Fsp3) is 0.455. The van der Waals surface area contributed by atoms with Crippen LogP contribution in [-0.2, 0) is 32.0 Å². The summed E-state index contributed by atoms with van der Waals surface area (Å²) in [6.07, 6.45) is 7.11. The van der Waals surface area contributed by atoms with Gasteiger partial charge in [0.25, 0.3) is 0 Å². The Bertz CT molecular complexity index is 1460. The van der Waals surface area contributed by atoms with E-state index in [0.717, 1.165) is 76.0 Å². The number of rotatable bonds is 7. The minimum absolute atomic E-state index is 0.111. The summed E-state index contributed by atoms with van der Waals surface area (Å²) in [4.78, 5) is 49.1. The van der Waals surface area contributed by atoms with Crippen LogP contribution in [0, 0.1) is 5.82 Å². The second-order valence-electron chi connectivity index (χ2n) is 11.6. The summed E-state index contributed by atoms with van der Waals surface area (Å²) in [7, 11) is 1.90. The lowest BCUT2D eigenvalue weighted by Gasteiger charge is -2.36. The average molecular weight is 609 g/mol. The lowest BCUT2D eigenvalue weighted by Crippen LogP contribution is -2.47. The molecule has 0 unspecified atom stereocenters. The SMILES string of the molecule is CC(=O)N1CCC(N(C)C(=O)Cc2ccc3ccn(C4CCN(CCc5ccccc5F)CC4)c3c2)CC1.O=C(O)C(=O)O. The van der Waals surface area contributed by atoms with Crippen molar-refractivity contribution < 1.29 is 33.8 Å². The quantitative estimate of drug-likeness (QED) is 0.391. The zero-order valence-corrected chi connectivity index (χ0v) is 25.3. The lowest BCUT2D eigenvalue weighted by atomic mass is 10.0. The lowest BCUT2D eigenvalue weighted by molar-refractivity contribution is -0.159. The smallest absolute Gasteiger partial charge is 0.414 e. The summed E-state index contributed by atoms with van der Waals surface area (Å²) in [5.74, 6) is -3.51. The van der Waals surface area contributed by atoms with Crippen molar-refractivity contribution >= 4 is 34.7 Å². The molecule has 2 aliphatic heterocycles. The Morgan fingerprint density at radius 3 is 2.18 bits per heavy atom. The van der Waals surface area contributed by atoms with Crippen LogP contribution in [0.2, 0.25) is 0 Å². The normalized spacial score (nSPS) is 16.3. The van der Waals surface area contributed by atoms with E-state index in [2.05, 4.69) is 39.9 Å². The minimum Gasteiger partial charge on any atom is -0.473 e. The standard InChI is InChI=1S/C31H39FN4O2.C2H2O4/c1-23(37)35-18-13-27(14-19-35)33(2)31(38)22-24-7-8-26-10-20-36(30(26)21-24)28-11-16-34(17-12-28)15-9-25-5-3-4-6-29(25)32;3-1(4)2(5)6/h3-8,10,20-21,27-28H,9,11-19,22H2,1-2H3;(H,3,4)(H,5,6). The summed E-state index contributed by atoms with van der Waals surface area (Å²) in [6, 6.07) is 16.2. The molecule has 0 radical (unpaired) electrons. The number of fused-ring (bicyclic) bond motifs is 1. The van der Waals surface area contributed by atoms with Crippen LogP contribution >= 0.6 is 0 Å². The molecule has 5 rings (SSSR count). The van der Waals surface area contributed by atoms with Crippen LogP contribution in [0.5, 0.6) is 0 Å². The molecule has 236 valence electrons. The zero-order valence-electron chi connectivity index (χ0n) is 25.3. The number of hydrogen-bond donors (Lipinski definition) is 2. The van der Waals surface area contributed by atoms with E-state index in [9.17, 15) is 14.0 Å². The number of hydrogen-bond acceptors (Lipinski definition) is 5. The number of carbonyl (C=O) groups is 4.